The highest BCUT2D eigenvalue weighted by molar-refractivity contribution is 8.00. The molecule has 1 atom stereocenters. The van der Waals surface area contributed by atoms with Gasteiger partial charge in [-0.3, -0.25) is 4.79 Å². The Labute approximate surface area is 96.7 Å². The fraction of sp³-hybridized carbons (Fsp3) is 0.273. The molecule has 0 radical (unpaired) electrons. The van der Waals surface area contributed by atoms with Gasteiger partial charge in [-0.15, -0.1) is 0 Å². The lowest BCUT2D eigenvalue weighted by Crippen LogP contribution is -2.14. The molecule has 0 saturated carbocycles. The van der Waals surface area contributed by atoms with Gasteiger partial charge in [-0.25, -0.2) is 4.98 Å². The van der Waals surface area contributed by atoms with Gasteiger partial charge in [0.15, 0.2) is 0 Å². The summed E-state index contributed by atoms with van der Waals surface area (Å²) in [4.78, 5) is 15.1. The summed E-state index contributed by atoms with van der Waals surface area (Å²) in [7, 11) is 0. The fourth-order valence-electron chi connectivity index (χ4n) is 1.41. The van der Waals surface area contributed by atoms with Crippen molar-refractivity contribution in [2.45, 2.75) is 23.6 Å². The van der Waals surface area contributed by atoms with Gasteiger partial charge in [-0.05, 0) is 18.6 Å². The van der Waals surface area contributed by atoms with Gasteiger partial charge in [0.25, 0.3) is 0 Å². The van der Waals surface area contributed by atoms with Crippen molar-refractivity contribution in [2.75, 3.05) is 0 Å². The van der Waals surface area contributed by atoms with Gasteiger partial charge in [0.05, 0.1) is 11.6 Å². The van der Waals surface area contributed by atoms with E-state index in [0.29, 0.717) is 11.4 Å². The number of carboxylic acid groups (broad SMARTS) is 1. The fourth-order valence-corrected chi connectivity index (χ4v) is 2.36. The van der Waals surface area contributed by atoms with E-state index in [1.54, 1.807) is 24.6 Å². The van der Waals surface area contributed by atoms with Crippen LogP contribution in [0.2, 0.25) is 0 Å². The van der Waals surface area contributed by atoms with Crippen LogP contribution >= 0.6 is 11.8 Å². The van der Waals surface area contributed by atoms with Crippen LogP contribution in [0.5, 0.6) is 0 Å². The van der Waals surface area contributed by atoms with Crippen LogP contribution in [0.3, 0.4) is 0 Å². The summed E-state index contributed by atoms with van der Waals surface area (Å²) in [5, 5.41) is 10.1. The Hall–Kier alpha value is -1.49. The van der Waals surface area contributed by atoms with Crippen molar-refractivity contribution in [3.05, 3.63) is 24.6 Å². The Bertz CT molecular complexity index is 509. The molecule has 0 spiro atoms. The van der Waals surface area contributed by atoms with Crippen LogP contribution in [0.4, 0.5) is 0 Å². The van der Waals surface area contributed by atoms with E-state index in [2.05, 4.69) is 4.98 Å². The first-order valence-electron chi connectivity index (χ1n) is 4.94. The summed E-state index contributed by atoms with van der Waals surface area (Å²) < 4.78 is 5.23. The van der Waals surface area contributed by atoms with E-state index < -0.39 is 11.2 Å². The third-order valence-electron chi connectivity index (χ3n) is 2.24. The lowest BCUT2D eigenvalue weighted by Gasteiger charge is -2.08. The number of hydrogen-bond donors (Lipinski definition) is 1. The van der Waals surface area contributed by atoms with Crippen LogP contribution in [0.25, 0.3) is 11.0 Å². The Morgan fingerprint density at radius 2 is 2.44 bits per heavy atom. The summed E-state index contributed by atoms with van der Waals surface area (Å²) in [6.07, 6.45) is 3.77. The second-order valence-corrected chi connectivity index (χ2v) is 4.49. The van der Waals surface area contributed by atoms with Crippen molar-refractivity contribution in [3.8, 4) is 0 Å². The minimum atomic E-state index is -0.810. The topological polar surface area (TPSA) is 63.3 Å². The highest BCUT2D eigenvalue weighted by Crippen LogP contribution is 2.30. The molecular formula is C11H11NO3S. The van der Waals surface area contributed by atoms with E-state index in [1.807, 2.05) is 6.92 Å². The molecule has 2 aromatic rings. The number of pyridine rings is 1. The molecule has 2 aromatic heterocycles. The van der Waals surface area contributed by atoms with Crippen LogP contribution in [0, 0.1) is 0 Å². The summed E-state index contributed by atoms with van der Waals surface area (Å²) in [5.41, 5.74) is 0.734. The second-order valence-electron chi connectivity index (χ2n) is 3.30. The molecule has 16 heavy (non-hydrogen) atoms. The number of hydrogen-bond acceptors (Lipinski definition) is 4. The molecule has 2 rings (SSSR count). The number of fused-ring (bicyclic) bond motifs is 1. The van der Waals surface area contributed by atoms with Crippen LogP contribution in [-0.2, 0) is 4.79 Å². The Morgan fingerprint density at radius 3 is 3.12 bits per heavy atom. The molecular weight excluding hydrogens is 226 g/mol. The molecule has 1 N–H and O–H groups in total. The summed E-state index contributed by atoms with van der Waals surface area (Å²) in [6.45, 7) is 1.85. The summed E-state index contributed by atoms with van der Waals surface area (Å²) in [6, 6.07) is 3.57. The van der Waals surface area contributed by atoms with Crippen molar-refractivity contribution >= 4 is 28.7 Å². The predicted octanol–water partition coefficient (Wildman–Crippen LogP) is 2.78. The quantitative estimate of drug-likeness (QED) is 0.828. The van der Waals surface area contributed by atoms with Gasteiger partial charge < -0.3 is 9.52 Å². The number of nitrogens with zero attached hydrogens (tertiary/aromatic N) is 1. The second kappa shape index (κ2) is 4.57. The Balaban J connectivity index is 2.33. The Morgan fingerprint density at radius 1 is 1.62 bits per heavy atom. The van der Waals surface area contributed by atoms with E-state index >= 15 is 0 Å². The van der Waals surface area contributed by atoms with Crippen molar-refractivity contribution in [1.82, 2.24) is 4.98 Å². The molecule has 0 aliphatic rings. The smallest absolute Gasteiger partial charge is 0.317 e. The number of carbonyl (C=O) groups is 1. The van der Waals surface area contributed by atoms with Crippen LogP contribution < -0.4 is 0 Å². The van der Waals surface area contributed by atoms with Crippen molar-refractivity contribution in [2.24, 2.45) is 0 Å². The third-order valence-corrected chi connectivity index (χ3v) is 3.61. The molecule has 0 aliphatic carbocycles. The maximum Gasteiger partial charge on any atom is 0.317 e. The van der Waals surface area contributed by atoms with E-state index in [4.69, 9.17) is 9.52 Å². The van der Waals surface area contributed by atoms with Gasteiger partial charge in [0.1, 0.15) is 15.9 Å². The SMILES string of the molecule is CCC(Sc1nccc2occc12)C(=O)O. The third kappa shape index (κ3) is 2.04. The number of aliphatic carboxylic acids is 1. The minimum absolute atomic E-state index is 0.465. The molecule has 0 bridgehead atoms. The highest BCUT2D eigenvalue weighted by Gasteiger charge is 2.18. The average Bonchev–Trinajstić information content (AvgIpc) is 2.73. The largest absolute Gasteiger partial charge is 0.480 e. The van der Waals surface area contributed by atoms with E-state index in [9.17, 15) is 4.79 Å². The zero-order valence-corrected chi connectivity index (χ0v) is 9.53. The van der Waals surface area contributed by atoms with Crippen LogP contribution in [0.15, 0.2) is 34.0 Å². The number of aromatic nitrogens is 1. The number of furan rings is 1. The molecule has 4 nitrogen and oxygen atoms in total. The molecule has 1 unspecified atom stereocenters. The van der Waals surface area contributed by atoms with Crippen LogP contribution in [0.1, 0.15) is 13.3 Å². The lowest BCUT2D eigenvalue weighted by atomic mass is 10.3. The number of carboxylic acids is 1. The van der Waals surface area contributed by atoms with Gasteiger partial charge >= 0.3 is 5.97 Å². The standard InChI is InChI=1S/C11H11NO3S/c1-2-9(11(13)14)16-10-7-4-6-15-8(7)3-5-12-10/h3-6,9H,2H2,1H3,(H,13,14). The highest BCUT2D eigenvalue weighted by atomic mass is 32.2. The number of thioether (sulfide) groups is 1. The van der Waals surface area contributed by atoms with Crippen molar-refractivity contribution in [1.29, 1.82) is 0 Å². The normalized spacial score (nSPS) is 12.8. The van der Waals surface area contributed by atoms with Gasteiger partial charge in [0, 0.05) is 6.20 Å². The van der Waals surface area contributed by atoms with Gasteiger partial charge in [-0.1, -0.05) is 18.7 Å². The zero-order chi connectivity index (χ0) is 11.5. The maximum absolute atomic E-state index is 10.9. The lowest BCUT2D eigenvalue weighted by molar-refractivity contribution is -0.136. The maximum atomic E-state index is 10.9. The first kappa shape index (κ1) is 11.0. The van der Waals surface area contributed by atoms with Gasteiger partial charge in [-0.2, -0.15) is 0 Å². The van der Waals surface area contributed by atoms with Crippen LogP contribution in [-0.4, -0.2) is 21.3 Å². The zero-order valence-electron chi connectivity index (χ0n) is 8.71. The summed E-state index contributed by atoms with van der Waals surface area (Å²) in [5.74, 6) is -0.810. The Kier molecular flexibility index (Phi) is 3.14. The van der Waals surface area contributed by atoms with E-state index in [-0.39, 0.29) is 0 Å². The average molecular weight is 237 g/mol. The summed E-state index contributed by atoms with van der Waals surface area (Å²) >= 11 is 1.26. The number of rotatable bonds is 4. The van der Waals surface area contributed by atoms with Crippen molar-refractivity contribution in [3.63, 3.8) is 0 Å². The van der Waals surface area contributed by atoms with E-state index in [0.717, 1.165) is 11.0 Å². The monoisotopic (exact) mass is 237 g/mol. The molecule has 0 saturated heterocycles. The molecule has 0 amide bonds. The molecule has 84 valence electrons. The molecule has 5 heteroatoms. The molecule has 0 aliphatic heterocycles. The first-order chi connectivity index (χ1) is 7.72. The first-order valence-corrected chi connectivity index (χ1v) is 5.82. The van der Waals surface area contributed by atoms with Gasteiger partial charge in [0.2, 0.25) is 0 Å². The predicted molar refractivity (Wildman–Crippen MR) is 61.6 cm³/mol. The molecule has 0 aromatic carbocycles. The van der Waals surface area contributed by atoms with Crippen molar-refractivity contribution < 1.29 is 14.3 Å². The molecule has 2 heterocycles. The molecule has 0 fully saturated rings. The minimum Gasteiger partial charge on any atom is -0.480 e. The van der Waals surface area contributed by atoms with E-state index in [1.165, 1.54) is 11.8 Å².